The molecule has 0 fully saturated rings. The van der Waals surface area contributed by atoms with E-state index in [1.807, 2.05) is 0 Å². The van der Waals surface area contributed by atoms with Crippen LogP contribution in [-0.2, 0) is 4.74 Å². The van der Waals surface area contributed by atoms with Crippen LogP contribution in [0, 0.1) is 0 Å². The van der Waals surface area contributed by atoms with Crippen molar-refractivity contribution in [3.63, 3.8) is 0 Å². The highest BCUT2D eigenvalue weighted by atomic mass is 35.5. The van der Waals surface area contributed by atoms with Gasteiger partial charge in [0.05, 0.1) is 23.3 Å². The lowest BCUT2D eigenvalue weighted by atomic mass is 10.2. The number of halogens is 1. The highest BCUT2D eigenvalue weighted by molar-refractivity contribution is 6.33. The molecule has 0 saturated carbocycles. The van der Waals surface area contributed by atoms with Gasteiger partial charge in [-0.2, -0.15) is 0 Å². The molecular weight excluding hydrogens is 280 g/mol. The summed E-state index contributed by atoms with van der Waals surface area (Å²) in [4.78, 5) is 27.3. The van der Waals surface area contributed by atoms with Crippen molar-refractivity contribution in [1.82, 2.24) is 4.98 Å². The molecule has 2 aromatic rings. The van der Waals surface area contributed by atoms with Gasteiger partial charge in [0.15, 0.2) is 0 Å². The molecule has 0 bridgehead atoms. The van der Waals surface area contributed by atoms with Crippen LogP contribution < -0.4 is 5.32 Å². The fraction of sp³-hybridized carbons (Fsp3) is 0.0714. The van der Waals surface area contributed by atoms with Crippen molar-refractivity contribution in [2.24, 2.45) is 0 Å². The van der Waals surface area contributed by atoms with Gasteiger partial charge in [-0.15, -0.1) is 0 Å². The van der Waals surface area contributed by atoms with Crippen LogP contribution in [0.25, 0.3) is 0 Å². The van der Waals surface area contributed by atoms with Crippen LogP contribution in [0.15, 0.2) is 42.7 Å². The summed E-state index contributed by atoms with van der Waals surface area (Å²) in [6, 6.07) is 7.88. The van der Waals surface area contributed by atoms with Gasteiger partial charge < -0.3 is 10.1 Å². The van der Waals surface area contributed by atoms with Gasteiger partial charge in [-0.25, -0.2) is 4.79 Å². The Kier molecular flexibility index (Phi) is 4.32. The van der Waals surface area contributed by atoms with Crippen molar-refractivity contribution in [3.8, 4) is 0 Å². The topological polar surface area (TPSA) is 68.3 Å². The van der Waals surface area contributed by atoms with E-state index in [1.165, 1.54) is 25.4 Å². The van der Waals surface area contributed by atoms with Crippen molar-refractivity contribution >= 4 is 29.2 Å². The summed E-state index contributed by atoms with van der Waals surface area (Å²) in [7, 11) is 1.26. The Morgan fingerprint density at radius 3 is 2.75 bits per heavy atom. The van der Waals surface area contributed by atoms with Crippen LogP contribution in [0.5, 0.6) is 0 Å². The predicted octanol–water partition coefficient (Wildman–Crippen LogP) is 2.77. The maximum absolute atomic E-state index is 11.9. The molecule has 20 heavy (non-hydrogen) atoms. The number of rotatable bonds is 3. The van der Waals surface area contributed by atoms with E-state index >= 15 is 0 Å². The summed E-state index contributed by atoms with van der Waals surface area (Å²) in [6.07, 6.45) is 3.03. The summed E-state index contributed by atoms with van der Waals surface area (Å²) in [6.45, 7) is 0. The first-order valence-electron chi connectivity index (χ1n) is 5.71. The number of benzene rings is 1. The zero-order valence-electron chi connectivity index (χ0n) is 10.6. The molecule has 1 aromatic heterocycles. The molecule has 5 nitrogen and oxygen atoms in total. The second-order valence-corrected chi connectivity index (χ2v) is 4.29. The van der Waals surface area contributed by atoms with Crippen molar-refractivity contribution in [3.05, 3.63) is 58.9 Å². The average Bonchev–Trinajstić information content (AvgIpc) is 2.49. The summed E-state index contributed by atoms with van der Waals surface area (Å²) < 4.78 is 4.62. The number of nitrogens with zero attached hydrogens (tertiary/aromatic N) is 1. The number of carbonyl (C=O) groups is 2. The fourth-order valence-corrected chi connectivity index (χ4v) is 1.76. The number of hydrogen-bond donors (Lipinski definition) is 1. The Morgan fingerprint density at radius 1 is 1.30 bits per heavy atom. The molecule has 1 amide bonds. The molecule has 0 spiro atoms. The Balaban J connectivity index is 2.22. The molecule has 0 aliphatic heterocycles. The summed E-state index contributed by atoms with van der Waals surface area (Å²) in [5.74, 6) is -0.885. The van der Waals surface area contributed by atoms with Crippen molar-refractivity contribution < 1.29 is 14.3 Å². The zero-order valence-corrected chi connectivity index (χ0v) is 11.3. The van der Waals surface area contributed by atoms with Crippen LogP contribution >= 0.6 is 11.6 Å². The van der Waals surface area contributed by atoms with Crippen molar-refractivity contribution in [1.29, 1.82) is 0 Å². The molecule has 0 atom stereocenters. The van der Waals surface area contributed by atoms with E-state index in [4.69, 9.17) is 11.6 Å². The number of pyridine rings is 1. The number of hydrogen-bond acceptors (Lipinski definition) is 4. The molecule has 1 heterocycles. The minimum Gasteiger partial charge on any atom is -0.465 e. The molecular formula is C14H11ClN2O3. The van der Waals surface area contributed by atoms with Gasteiger partial charge in [-0.3, -0.25) is 9.78 Å². The maximum Gasteiger partial charge on any atom is 0.339 e. The number of nitrogens with one attached hydrogen (secondary N) is 1. The first kappa shape index (κ1) is 14.0. The molecule has 0 unspecified atom stereocenters. The first-order valence-corrected chi connectivity index (χ1v) is 6.09. The Morgan fingerprint density at radius 2 is 2.10 bits per heavy atom. The van der Waals surface area contributed by atoms with Gasteiger partial charge in [-0.1, -0.05) is 11.6 Å². The van der Waals surface area contributed by atoms with Gasteiger partial charge in [0.2, 0.25) is 0 Å². The number of aromatic nitrogens is 1. The minimum atomic E-state index is -0.563. The summed E-state index contributed by atoms with van der Waals surface area (Å²) >= 11 is 5.90. The molecule has 0 aliphatic rings. The van der Waals surface area contributed by atoms with Crippen LogP contribution in [-0.4, -0.2) is 24.0 Å². The second kappa shape index (κ2) is 6.16. The molecule has 0 aliphatic carbocycles. The highest BCUT2D eigenvalue weighted by Crippen LogP contribution is 2.21. The molecule has 1 aromatic carbocycles. The van der Waals surface area contributed by atoms with E-state index in [0.717, 1.165) is 0 Å². The number of carbonyl (C=O) groups excluding carboxylic acids is 2. The van der Waals surface area contributed by atoms with Crippen LogP contribution in [0.1, 0.15) is 20.7 Å². The second-order valence-electron chi connectivity index (χ2n) is 3.88. The molecule has 102 valence electrons. The Bertz CT molecular complexity index is 644. The van der Waals surface area contributed by atoms with Crippen LogP contribution in [0.2, 0.25) is 5.02 Å². The van der Waals surface area contributed by atoms with Crippen molar-refractivity contribution in [2.75, 3.05) is 12.4 Å². The quantitative estimate of drug-likeness (QED) is 0.883. The van der Waals surface area contributed by atoms with E-state index < -0.39 is 5.97 Å². The number of esters is 1. The molecule has 2 rings (SSSR count). The Labute approximate surface area is 120 Å². The standard InChI is InChI=1S/C14H11ClN2O3/c1-20-14(19)11-7-10(4-5-12(11)15)17-13(18)9-3-2-6-16-8-9/h2-8H,1H3,(H,17,18). The maximum atomic E-state index is 11.9. The molecule has 0 saturated heterocycles. The lowest BCUT2D eigenvalue weighted by molar-refractivity contribution is 0.0600. The van der Waals surface area contributed by atoms with Crippen molar-refractivity contribution in [2.45, 2.75) is 0 Å². The number of ether oxygens (including phenoxy) is 1. The third-order valence-corrected chi connectivity index (χ3v) is 2.88. The van der Waals surface area contributed by atoms with Gasteiger partial charge >= 0.3 is 5.97 Å². The Hall–Kier alpha value is -2.40. The van der Waals surface area contributed by atoms with E-state index in [9.17, 15) is 9.59 Å². The lowest BCUT2D eigenvalue weighted by Crippen LogP contribution is -2.13. The first-order chi connectivity index (χ1) is 9.61. The number of anilines is 1. The lowest BCUT2D eigenvalue weighted by Gasteiger charge is -2.08. The zero-order chi connectivity index (χ0) is 14.5. The predicted molar refractivity (Wildman–Crippen MR) is 75.0 cm³/mol. The van der Waals surface area contributed by atoms with Gasteiger partial charge in [0.25, 0.3) is 5.91 Å². The molecule has 6 heteroatoms. The van der Waals surface area contributed by atoms with Gasteiger partial charge in [-0.05, 0) is 30.3 Å². The van der Waals surface area contributed by atoms with Crippen LogP contribution in [0.4, 0.5) is 5.69 Å². The average molecular weight is 291 g/mol. The normalized spacial score (nSPS) is 9.90. The smallest absolute Gasteiger partial charge is 0.339 e. The summed E-state index contributed by atoms with van der Waals surface area (Å²) in [5, 5.41) is 2.92. The third-order valence-electron chi connectivity index (χ3n) is 2.55. The SMILES string of the molecule is COC(=O)c1cc(NC(=O)c2cccnc2)ccc1Cl. The minimum absolute atomic E-state index is 0.193. The van der Waals surface area contributed by atoms with E-state index in [0.29, 0.717) is 11.3 Å². The largest absolute Gasteiger partial charge is 0.465 e. The number of amides is 1. The monoisotopic (exact) mass is 290 g/mol. The van der Waals surface area contributed by atoms with Gasteiger partial charge in [0, 0.05) is 18.1 Å². The van der Waals surface area contributed by atoms with Crippen LogP contribution in [0.3, 0.4) is 0 Å². The highest BCUT2D eigenvalue weighted by Gasteiger charge is 2.13. The molecule has 0 radical (unpaired) electrons. The van der Waals surface area contributed by atoms with E-state index in [1.54, 1.807) is 24.4 Å². The third kappa shape index (κ3) is 3.13. The van der Waals surface area contributed by atoms with E-state index in [-0.39, 0.29) is 16.5 Å². The summed E-state index contributed by atoms with van der Waals surface area (Å²) in [5.41, 5.74) is 1.06. The van der Waals surface area contributed by atoms with E-state index in [2.05, 4.69) is 15.0 Å². The fourth-order valence-electron chi connectivity index (χ4n) is 1.57. The number of methoxy groups -OCH3 is 1. The molecule has 1 N–H and O–H groups in total. The van der Waals surface area contributed by atoms with Gasteiger partial charge in [0.1, 0.15) is 0 Å².